The first-order valence-corrected chi connectivity index (χ1v) is 6.84. The molecule has 0 amide bonds. The minimum atomic E-state index is -3.35. The van der Waals surface area contributed by atoms with E-state index >= 15 is 0 Å². The molecule has 0 saturated carbocycles. The van der Waals surface area contributed by atoms with Crippen LogP contribution >= 0.6 is 0 Å². The van der Waals surface area contributed by atoms with Crippen LogP contribution in [-0.2, 0) is 9.84 Å². The summed E-state index contributed by atoms with van der Waals surface area (Å²) < 4.78 is 36.3. The van der Waals surface area contributed by atoms with Crippen LogP contribution < -0.4 is 0 Å². The number of rotatable bonds is 2. The summed E-state index contributed by atoms with van der Waals surface area (Å²) in [5, 5.41) is 0. The largest absolute Gasteiger partial charge is 0.224 e. The van der Waals surface area contributed by atoms with E-state index in [0.29, 0.717) is 11.1 Å². The molecule has 1 radical (unpaired) electrons. The van der Waals surface area contributed by atoms with Crippen LogP contribution in [0, 0.1) is 11.9 Å². The van der Waals surface area contributed by atoms with E-state index in [-0.39, 0.29) is 4.90 Å². The predicted molar refractivity (Wildman–Crippen MR) is 63.8 cm³/mol. The second-order valence-electron chi connectivity index (χ2n) is 3.70. The summed E-state index contributed by atoms with van der Waals surface area (Å²) >= 11 is 0. The average molecular weight is 249 g/mol. The summed E-state index contributed by atoms with van der Waals surface area (Å²) in [6, 6.07) is 13.2. The first kappa shape index (κ1) is 11.8. The summed E-state index contributed by atoms with van der Waals surface area (Å²) in [5.41, 5.74) is 1.03. The molecule has 2 aromatic rings. The fourth-order valence-corrected chi connectivity index (χ4v) is 2.48. The first-order valence-electron chi connectivity index (χ1n) is 4.94. The molecule has 0 saturated heterocycles. The molecule has 87 valence electrons. The van der Waals surface area contributed by atoms with E-state index in [2.05, 4.69) is 6.07 Å². The second kappa shape index (κ2) is 4.30. The van der Waals surface area contributed by atoms with E-state index in [1.165, 1.54) is 18.2 Å². The van der Waals surface area contributed by atoms with Crippen molar-refractivity contribution in [2.75, 3.05) is 6.26 Å². The lowest BCUT2D eigenvalue weighted by atomic mass is 10.1. The monoisotopic (exact) mass is 249 g/mol. The van der Waals surface area contributed by atoms with Crippen LogP contribution in [0.5, 0.6) is 0 Å². The number of hydrogen-bond donors (Lipinski definition) is 0. The van der Waals surface area contributed by atoms with Crippen LogP contribution in [0.25, 0.3) is 11.1 Å². The molecule has 0 heterocycles. The molecule has 4 heteroatoms. The van der Waals surface area contributed by atoms with Crippen LogP contribution in [0.1, 0.15) is 0 Å². The van der Waals surface area contributed by atoms with E-state index in [1.54, 1.807) is 24.3 Å². The van der Waals surface area contributed by atoms with Gasteiger partial charge in [-0.1, -0.05) is 24.3 Å². The summed E-state index contributed by atoms with van der Waals surface area (Å²) in [7, 11) is -3.35. The Labute approximate surface area is 99.6 Å². The van der Waals surface area contributed by atoms with E-state index in [4.69, 9.17) is 0 Å². The highest BCUT2D eigenvalue weighted by Gasteiger charge is 2.13. The Morgan fingerprint density at radius 3 is 2.65 bits per heavy atom. The molecule has 2 nitrogen and oxygen atoms in total. The molecule has 0 bridgehead atoms. The molecule has 0 fully saturated rings. The van der Waals surface area contributed by atoms with Crippen molar-refractivity contribution in [2.45, 2.75) is 4.90 Å². The van der Waals surface area contributed by atoms with E-state index in [9.17, 15) is 12.8 Å². The van der Waals surface area contributed by atoms with Gasteiger partial charge in [0, 0.05) is 11.8 Å². The highest BCUT2D eigenvalue weighted by Crippen LogP contribution is 2.27. The topological polar surface area (TPSA) is 34.1 Å². The molecule has 2 rings (SSSR count). The summed E-state index contributed by atoms with van der Waals surface area (Å²) in [6.45, 7) is 0. The molecule has 0 aliphatic heterocycles. The van der Waals surface area contributed by atoms with Gasteiger partial charge < -0.3 is 0 Å². The van der Waals surface area contributed by atoms with Crippen molar-refractivity contribution in [3.63, 3.8) is 0 Å². The maximum atomic E-state index is 13.1. The van der Waals surface area contributed by atoms with Crippen molar-refractivity contribution in [1.29, 1.82) is 0 Å². The van der Waals surface area contributed by atoms with Crippen LogP contribution in [-0.4, -0.2) is 14.7 Å². The van der Waals surface area contributed by atoms with Crippen LogP contribution in [0.15, 0.2) is 47.4 Å². The zero-order valence-corrected chi connectivity index (χ0v) is 9.96. The molecule has 0 atom stereocenters. The Bertz CT molecular complexity index is 648. The molecular formula is C13H10FO2S. The van der Waals surface area contributed by atoms with Crippen molar-refractivity contribution in [2.24, 2.45) is 0 Å². The molecule has 0 aliphatic rings. The molecule has 2 aromatic carbocycles. The van der Waals surface area contributed by atoms with Crippen molar-refractivity contribution in [3.8, 4) is 11.1 Å². The third kappa shape index (κ3) is 2.53. The molecule has 17 heavy (non-hydrogen) atoms. The standard InChI is InChI=1S/C13H10FO2S/c1-17(15,16)13-8-3-2-7-12(13)10-5-4-6-11(14)9-10/h2,4-9H,1H3. The van der Waals surface area contributed by atoms with Gasteiger partial charge in [0.15, 0.2) is 9.84 Å². The number of sulfone groups is 1. The molecule has 0 N–H and O–H groups in total. The molecular weight excluding hydrogens is 239 g/mol. The average Bonchev–Trinajstić information content (AvgIpc) is 2.28. The van der Waals surface area contributed by atoms with Crippen molar-refractivity contribution in [3.05, 3.63) is 54.3 Å². The van der Waals surface area contributed by atoms with Crippen LogP contribution in [0.4, 0.5) is 4.39 Å². The third-order valence-corrected chi connectivity index (χ3v) is 3.50. The Hall–Kier alpha value is -1.68. The van der Waals surface area contributed by atoms with Gasteiger partial charge in [-0.3, -0.25) is 0 Å². The summed E-state index contributed by atoms with van der Waals surface area (Å²) in [4.78, 5) is 0.158. The van der Waals surface area contributed by atoms with Crippen molar-refractivity contribution < 1.29 is 12.8 Å². The predicted octanol–water partition coefficient (Wildman–Crippen LogP) is 2.70. The van der Waals surface area contributed by atoms with Gasteiger partial charge in [0.05, 0.1) is 4.90 Å². The highest BCUT2D eigenvalue weighted by molar-refractivity contribution is 7.90. The SMILES string of the molecule is CS(=O)(=O)c1c[c]ccc1-c1cccc(F)c1. The smallest absolute Gasteiger partial charge is 0.176 e. The van der Waals surface area contributed by atoms with Gasteiger partial charge in [-0.2, -0.15) is 0 Å². The molecule has 0 aromatic heterocycles. The van der Waals surface area contributed by atoms with Crippen molar-refractivity contribution in [1.82, 2.24) is 0 Å². The quantitative estimate of drug-likeness (QED) is 0.820. The van der Waals surface area contributed by atoms with Gasteiger partial charge in [0.25, 0.3) is 0 Å². The van der Waals surface area contributed by atoms with Gasteiger partial charge in [0.2, 0.25) is 0 Å². The molecule has 0 spiro atoms. The zero-order chi connectivity index (χ0) is 12.5. The zero-order valence-electron chi connectivity index (χ0n) is 9.14. The summed E-state index contributed by atoms with van der Waals surface area (Å²) in [6.07, 6.45) is 1.12. The Morgan fingerprint density at radius 2 is 2.00 bits per heavy atom. The maximum Gasteiger partial charge on any atom is 0.176 e. The van der Waals surface area contributed by atoms with E-state index in [1.807, 2.05) is 0 Å². The van der Waals surface area contributed by atoms with Gasteiger partial charge in [-0.15, -0.1) is 0 Å². The number of benzene rings is 2. The Balaban J connectivity index is 2.69. The normalized spacial score (nSPS) is 11.4. The molecule has 0 unspecified atom stereocenters. The lowest BCUT2D eigenvalue weighted by molar-refractivity contribution is 0.602. The number of halogens is 1. The number of hydrogen-bond acceptors (Lipinski definition) is 2. The summed E-state index contributed by atoms with van der Waals surface area (Å²) in [5.74, 6) is -0.394. The molecule has 0 aliphatic carbocycles. The van der Waals surface area contributed by atoms with Gasteiger partial charge in [-0.25, -0.2) is 12.8 Å². The Morgan fingerprint density at radius 1 is 1.24 bits per heavy atom. The minimum absolute atomic E-state index is 0.158. The van der Waals surface area contributed by atoms with Crippen LogP contribution in [0.3, 0.4) is 0 Å². The lowest BCUT2D eigenvalue weighted by Gasteiger charge is -2.07. The highest BCUT2D eigenvalue weighted by atomic mass is 32.2. The van der Waals surface area contributed by atoms with Gasteiger partial charge in [-0.05, 0) is 29.8 Å². The fourth-order valence-electron chi connectivity index (χ4n) is 1.62. The van der Waals surface area contributed by atoms with Gasteiger partial charge in [0.1, 0.15) is 5.82 Å². The third-order valence-electron chi connectivity index (χ3n) is 2.36. The fraction of sp³-hybridized carbons (Fsp3) is 0.0769. The lowest BCUT2D eigenvalue weighted by Crippen LogP contribution is -1.99. The second-order valence-corrected chi connectivity index (χ2v) is 5.69. The van der Waals surface area contributed by atoms with E-state index < -0.39 is 15.7 Å². The van der Waals surface area contributed by atoms with E-state index in [0.717, 1.165) is 6.26 Å². The van der Waals surface area contributed by atoms with Gasteiger partial charge >= 0.3 is 0 Å². The first-order chi connectivity index (χ1) is 7.98. The maximum absolute atomic E-state index is 13.1. The van der Waals surface area contributed by atoms with Crippen molar-refractivity contribution >= 4 is 9.84 Å². The minimum Gasteiger partial charge on any atom is -0.224 e. The van der Waals surface area contributed by atoms with Crippen LogP contribution in [0.2, 0.25) is 0 Å². The Kier molecular flexibility index (Phi) is 2.98.